The number of aliphatic hydroxyl groups is 1. The first-order valence-electron chi connectivity index (χ1n) is 9.27. The minimum atomic E-state index is -0.0728. The highest BCUT2D eigenvalue weighted by molar-refractivity contribution is 6.32. The van der Waals surface area contributed by atoms with Crippen LogP contribution in [0.25, 0.3) is 0 Å². The number of pyridine rings is 1. The molecule has 3 rings (SSSR count). The molecule has 0 radical (unpaired) electrons. The molecule has 8 nitrogen and oxygen atoms in total. The van der Waals surface area contributed by atoms with Crippen LogP contribution in [0.5, 0.6) is 5.88 Å². The number of carbonyl (C=O) groups excluding carboxylic acids is 1. The van der Waals surface area contributed by atoms with Crippen LogP contribution in [0.3, 0.4) is 0 Å². The van der Waals surface area contributed by atoms with Crippen LogP contribution in [-0.4, -0.2) is 97.7 Å². The normalized spacial score (nSPS) is 20.8. The Morgan fingerprint density at radius 2 is 2.15 bits per heavy atom. The van der Waals surface area contributed by atoms with Crippen LogP contribution in [0.15, 0.2) is 12.3 Å². The number of aromatic nitrogens is 1. The van der Waals surface area contributed by atoms with Crippen molar-refractivity contribution in [2.45, 2.75) is 12.5 Å². The fourth-order valence-electron chi connectivity index (χ4n) is 3.11. The number of hydrogen-bond donors (Lipinski definition) is 1. The van der Waals surface area contributed by atoms with Crippen molar-refractivity contribution in [1.82, 2.24) is 14.8 Å². The lowest BCUT2D eigenvalue weighted by Gasteiger charge is -2.34. The number of aliphatic hydroxyl groups excluding tert-OH is 1. The quantitative estimate of drug-likeness (QED) is 0.643. The second kappa shape index (κ2) is 10.2. The van der Waals surface area contributed by atoms with E-state index in [1.54, 1.807) is 6.07 Å². The molecule has 0 saturated carbocycles. The van der Waals surface area contributed by atoms with Crippen LogP contribution in [0.4, 0.5) is 0 Å². The van der Waals surface area contributed by atoms with Gasteiger partial charge in [0.2, 0.25) is 5.88 Å². The average Bonchev–Trinajstić information content (AvgIpc) is 3.20. The minimum Gasteiger partial charge on any atom is -0.471 e. The van der Waals surface area contributed by atoms with Gasteiger partial charge in [-0.15, -0.1) is 0 Å². The fourth-order valence-corrected chi connectivity index (χ4v) is 3.32. The van der Waals surface area contributed by atoms with Crippen molar-refractivity contribution < 1.29 is 24.1 Å². The summed E-state index contributed by atoms with van der Waals surface area (Å²) < 4.78 is 16.3. The molecule has 2 fully saturated rings. The molecule has 150 valence electrons. The molecule has 27 heavy (non-hydrogen) atoms. The number of amides is 1. The monoisotopic (exact) mass is 399 g/mol. The third-order valence-electron chi connectivity index (χ3n) is 4.67. The van der Waals surface area contributed by atoms with Gasteiger partial charge in [0.1, 0.15) is 11.1 Å². The molecule has 1 N–H and O–H groups in total. The number of ether oxygens (including phenoxy) is 3. The van der Waals surface area contributed by atoms with Crippen molar-refractivity contribution in [2.75, 3.05) is 65.8 Å². The Balaban J connectivity index is 1.48. The topological polar surface area (TPSA) is 84.4 Å². The molecule has 1 aromatic rings. The lowest BCUT2D eigenvalue weighted by Crippen LogP contribution is -2.49. The van der Waals surface area contributed by atoms with E-state index in [1.165, 1.54) is 6.20 Å². The molecule has 0 bridgehead atoms. The third kappa shape index (κ3) is 5.76. The first-order chi connectivity index (χ1) is 13.2. The van der Waals surface area contributed by atoms with E-state index in [0.717, 1.165) is 26.1 Å². The molecule has 1 atom stereocenters. The third-order valence-corrected chi connectivity index (χ3v) is 4.94. The van der Waals surface area contributed by atoms with Gasteiger partial charge < -0.3 is 24.2 Å². The Bertz CT molecular complexity index is 619. The highest BCUT2D eigenvalue weighted by atomic mass is 35.5. The smallest absolute Gasteiger partial charge is 0.255 e. The van der Waals surface area contributed by atoms with Crippen molar-refractivity contribution >= 4 is 17.5 Å². The summed E-state index contributed by atoms with van der Waals surface area (Å²) in [4.78, 5) is 21.0. The van der Waals surface area contributed by atoms with Gasteiger partial charge in [-0.3, -0.25) is 9.69 Å². The predicted molar refractivity (Wildman–Crippen MR) is 99.3 cm³/mol. The number of carbonyl (C=O) groups is 1. The van der Waals surface area contributed by atoms with Gasteiger partial charge in [0, 0.05) is 45.3 Å². The molecule has 0 aliphatic carbocycles. The first kappa shape index (κ1) is 20.3. The Hall–Kier alpha value is -1.45. The second-order valence-corrected chi connectivity index (χ2v) is 6.99. The summed E-state index contributed by atoms with van der Waals surface area (Å²) in [5, 5.41) is 9.04. The van der Waals surface area contributed by atoms with E-state index in [4.69, 9.17) is 30.9 Å². The Kier molecular flexibility index (Phi) is 7.66. The molecule has 1 unspecified atom stereocenters. The fraction of sp³-hybridized carbons (Fsp3) is 0.667. The summed E-state index contributed by atoms with van der Waals surface area (Å²) in [6.45, 7) is 5.87. The van der Waals surface area contributed by atoms with Crippen LogP contribution >= 0.6 is 11.6 Å². The molecular formula is C18H26ClN3O5. The van der Waals surface area contributed by atoms with E-state index in [2.05, 4.69) is 9.88 Å². The van der Waals surface area contributed by atoms with Gasteiger partial charge in [-0.25, -0.2) is 4.98 Å². The predicted octanol–water partition coefficient (Wildman–Crippen LogP) is 0.669. The highest BCUT2D eigenvalue weighted by Gasteiger charge is 2.24. The van der Waals surface area contributed by atoms with Crippen LogP contribution < -0.4 is 4.74 Å². The molecule has 1 amide bonds. The number of halogens is 1. The summed E-state index contributed by atoms with van der Waals surface area (Å²) in [5.74, 6) is 0.271. The van der Waals surface area contributed by atoms with E-state index in [9.17, 15) is 4.79 Å². The molecule has 0 aromatic carbocycles. The Morgan fingerprint density at radius 3 is 2.81 bits per heavy atom. The number of piperazine rings is 1. The van der Waals surface area contributed by atoms with Crippen molar-refractivity contribution in [3.05, 3.63) is 22.8 Å². The van der Waals surface area contributed by atoms with Gasteiger partial charge in [-0.1, -0.05) is 11.6 Å². The van der Waals surface area contributed by atoms with E-state index in [-0.39, 0.29) is 18.6 Å². The maximum atomic E-state index is 12.7. The van der Waals surface area contributed by atoms with Crippen LogP contribution in [0.1, 0.15) is 16.8 Å². The van der Waals surface area contributed by atoms with Crippen molar-refractivity contribution in [3.63, 3.8) is 0 Å². The molecule has 2 aliphatic heterocycles. The zero-order valence-electron chi connectivity index (χ0n) is 15.3. The van der Waals surface area contributed by atoms with Gasteiger partial charge in [0.15, 0.2) is 0 Å². The first-order valence-corrected chi connectivity index (χ1v) is 9.65. The van der Waals surface area contributed by atoms with Crippen LogP contribution in [-0.2, 0) is 9.47 Å². The minimum absolute atomic E-state index is 0.0361. The Labute approximate surface area is 164 Å². The van der Waals surface area contributed by atoms with Gasteiger partial charge in [0.05, 0.1) is 38.6 Å². The van der Waals surface area contributed by atoms with E-state index in [0.29, 0.717) is 56.0 Å². The summed E-state index contributed by atoms with van der Waals surface area (Å²) in [7, 11) is 0. The van der Waals surface area contributed by atoms with E-state index in [1.807, 2.05) is 4.90 Å². The molecule has 3 heterocycles. The maximum absolute atomic E-state index is 12.7. The van der Waals surface area contributed by atoms with E-state index < -0.39 is 0 Å². The standard InChI is InChI=1S/C18H26ClN3O5/c19-16-11-14(12-20-17(16)27-15-1-8-26-13-15)18(24)22-4-2-21(3-5-22)6-9-25-10-7-23/h11-12,15,23H,1-10,13H2. The summed E-state index contributed by atoms with van der Waals surface area (Å²) in [6.07, 6.45) is 2.30. The van der Waals surface area contributed by atoms with Crippen LogP contribution in [0, 0.1) is 0 Å². The molecule has 9 heteroatoms. The van der Waals surface area contributed by atoms with E-state index >= 15 is 0 Å². The van der Waals surface area contributed by atoms with Crippen molar-refractivity contribution in [2.24, 2.45) is 0 Å². The summed E-state index contributed by atoms with van der Waals surface area (Å²) in [5.41, 5.74) is 0.467. The lowest BCUT2D eigenvalue weighted by atomic mass is 10.2. The number of nitrogens with zero attached hydrogens (tertiary/aromatic N) is 3. The average molecular weight is 400 g/mol. The Morgan fingerprint density at radius 1 is 1.33 bits per heavy atom. The molecular weight excluding hydrogens is 374 g/mol. The molecule has 1 aromatic heterocycles. The molecule has 0 spiro atoms. The molecule has 2 aliphatic rings. The number of rotatable bonds is 8. The van der Waals surface area contributed by atoms with Gasteiger partial charge in [-0.2, -0.15) is 0 Å². The van der Waals surface area contributed by atoms with Crippen molar-refractivity contribution in [1.29, 1.82) is 0 Å². The molecule has 2 saturated heterocycles. The summed E-state index contributed by atoms with van der Waals surface area (Å²) in [6, 6.07) is 1.62. The zero-order valence-corrected chi connectivity index (χ0v) is 16.1. The van der Waals surface area contributed by atoms with Gasteiger partial charge in [0.25, 0.3) is 5.91 Å². The SMILES string of the molecule is O=C(c1cnc(OC2CCOC2)c(Cl)c1)N1CCN(CCOCCO)CC1. The lowest BCUT2D eigenvalue weighted by molar-refractivity contribution is 0.0486. The number of hydrogen-bond acceptors (Lipinski definition) is 7. The summed E-state index contributed by atoms with van der Waals surface area (Å²) >= 11 is 6.26. The van der Waals surface area contributed by atoms with Crippen molar-refractivity contribution in [3.8, 4) is 5.88 Å². The second-order valence-electron chi connectivity index (χ2n) is 6.58. The largest absolute Gasteiger partial charge is 0.471 e. The maximum Gasteiger partial charge on any atom is 0.255 e. The van der Waals surface area contributed by atoms with Gasteiger partial charge in [-0.05, 0) is 6.07 Å². The zero-order chi connectivity index (χ0) is 19.1. The van der Waals surface area contributed by atoms with Gasteiger partial charge >= 0.3 is 0 Å². The highest BCUT2D eigenvalue weighted by Crippen LogP contribution is 2.25. The van der Waals surface area contributed by atoms with Crippen LogP contribution in [0.2, 0.25) is 5.02 Å².